The molecular formula is C18H16F2NO5-. The lowest BCUT2D eigenvalue weighted by atomic mass is 10.0. The number of carbonyl (C=O) groups is 2. The van der Waals surface area contributed by atoms with Crippen molar-refractivity contribution >= 4 is 17.8 Å². The summed E-state index contributed by atoms with van der Waals surface area (Å²) in [5, 5.41) is 11.0. The fourth-order valence-electron chi connectivity index (χ4n) is 2.56. The van der Waals surface area contributed by atoms with Crippen molar-refractivity contribution in [1.29, 1.82) is 0 Å². The van der Waals surface area contributed by atoms with Crippen molar-refractivity contribution in [2.24, 2.45) is 0 Å². The lowest BCUT2D eigenvalue weighted by Crippen LogP contribution is -2.23. The van der Waals surface area contributed by atoms with Crippen LogP contribution in [-0.4, -0.2) is 30.5 Å². The maximum absolute atomic E-state index is 12.4. The number of ether oxygens (including phenoxy) is 2. The summed E-state index contributed by atoms with van der Waals surface area (Å²) < 4.78 is 34.0. The van der Waals surface area contributed by atoms with E-state index in [1.165, 1.54) is 44.4 Å². The molecule has 0 aliphatic rings. The summed E-state index contributed by atoms with van der Waals surface area (Å²) in [5.74, 6) is -1.83. The number of aromatic carboxylic acids is 1. The van der Waals surface area contributed by atoms with Crippen molar-refractivity contribution < 1.29 is 33.0 Å². The minimum absolute atomic E-state index is 0.0909. The van der Waals surface area contributed by atoms with Crippen LogP contribution in [0.15, 0.2) is 24.3 Å². The SMILES string of the molecule is COc1cc(/C=C/C(=O)c2c(C)[nH]c(C(=O)[O-])c2C)ccc1OC(F)F. The molecule has 138 valence electrons. The third kappa shape index (κ3) is 4.08. The Morgan fingerprint density at radius 2 is 1.92 bits per heavy atom. The molecule has 0 saturated heterocycles. The lowest BCUT2D eigenvalue weighted by molar-refractivity contribution is -0.255. The number of carboxylic acids is 1. The van der Waals surface area contributed by atoms with E-state index < -0.39 is 18.4 Å². The number of hydrogen-bond acceptors (Lipinski definition) is 5. The molecule has 1 N–H and O–H groups in total. The van der Waals surface area contributed by atoms with Gasteiger partial charge in [0.25, 0.3) is 0 Å². The molecular weight excluding hydrogens is 348 g/mol. The summed E-state index contributed by atoms with van der Waals surface area (Å²) in [7, 11) is 1.31. The first-order chi connectivity index (χ1) is 12.2. The van der Waals surface area contributed by atoms with Gasteiger partial charge in [-0.3, -0.25) is 4.79 Å². The Morgan fingerprint density at radius 3 is 2.46 bits per heavy atom. The second-order valence-electron chi connectivity index (χ2n) is 5.40. The number of aryl methyl sites for hydroxylation is 1. The molecule has 6 nitrogen and oxygen atoms in total. The highest BCUT2D eigenvalue weighted by molar-refractivity contribution is 6.10. The molecule has 0 spiro atoms. The number of methoxy groups -OCH3 is 1. The molecule has 8 heteroatoms. The Bertz CT molecular complexity index is 871. The van der Waals surface area contributed by atoms with Gasteiger partial charge in [-0.2, -0.15) is 8.78 Å². The van der Waals surface area contributed by atoms with Gasteiger partial charge in [0.15, 0.2) is 17.3 Å². The molecule has 1 aromatic carbocycles. The molecule has 0 unspecified atom stereocenters. The number of carboxylic acid groups (broad SMARTS) is 1. The maximum atomic E-state index is 12.4. The van der Waals surface area contributed by atoms with Gasteiger partial charge in [-0.1, -0.05) is 12.1 Å². The highest BCUT2D eigenvalue weighted by Crippen LogP contribution is 2.30. The number of benzene rings is 1. The molecule has 0 aliphatic carbocycles. The number of aromatic amines is 1. The number of carbonyl (C=O) groups excluding carboxylic acids is 2. The molecule has 0 atom stereocenters. The highest BCUT2D eigenvalue weighted by atomic mass is 19.3. The van der Waals surface area contributed by atoms with Crippen LogP contribution >= 0.6 is 0 Å². The summed E-state index contributed by atoms with van der Waals surface area (Å²) in [6.07, 6.45) is 2.71. The van der Waals surface area contributed by atoms with E-state index in [2.05, 4.69) is 9.72 Å². The molecule has 0 amide bonds. The highest BCUT2D eigenvalue weighted by Gasteiger charge is 2.17. The molecule has 2 rings (SSSR count). The number of alkyl halides is 2. The average molecular weight is 364 g/mol. The second kappa shape index (κ2) is 7.81. The van der Waals surface area contributed by atoms with Crippen LogP contribution in [0, 0.1) is 13.8 Å². The zero-order valence-electron chi connectivity index (χ0n) is 14.3. The van der Waals surface area contributed by atoms with Gasteiger partial charge in [-0.15, -0.1) is 0 Å². The van der Waals surface area contributed by atoms with E-state index in [-0.39, 0.29) is 28.3 Å². The fraction of sp³-hybridized carbons (Fsp3) is 0.222. The molecule has 0 saturated carbocycles. The molecule has 26 heavy (non-hydrogen) atoms. The summed E-state index contributed by atoms with van der Waals surface area (Å²) in [5.41, 5.74) is 1.31. The van der Waals surface area contributed by atoms with Gasteiger partial charge >= 0.3 is 6.61 Å². The summed E-state index contributed by atoms with van der Waals surface area (Å²) in [6.45, 7) is 0.110. The Kier molecular flexibility index (Phi) is 5.76. The molecule has 0 aliphatic heterocycles. The van der Waals surface area contributed by atoms with Crippen LogP contribution in [0.3, 0.4) is 0 Å². The molecule has 1 aromatic heterocycles. The normalized spacial score (nSPS) is 11.2. The van der Waals surface area contributed by atoms with Crippen LogP contribution in [0.1, 0.15) is 37.7 Å². The van der Waals surface area contributed by atoms with Gasteiger partial charge in [-0.25, -0.2) is 0 Å². The van der Waals surface area contributed by atoms with Crippen LogP contribution in [0.2, 0.25) is 0 Å². The number of rotatable bonds is 7. The van der Waals surface area contributed by atoms with Gasteiger partial charge < -0.3 is 24.4 Å². The standard InChI is InChI=1S/C18H17F2NO5/c1-9-15(10(2)21-16(9)17(23)24)12(22)6-4-11-5-7-13(26-18(19)20)14(8-11)25-3/h4-8,18,21H,1-3H3,(H,23,24)/p-1/b6-4+. The van der Waals surface area contributed by atoms with Crippen LogP contribution in [0.5, 0.6) is 11.5 Å². The number of ketones is 1. The van der Waals surface area contributed by atoms with Crippen molar-refractivity contribution in [2.45, 2.75) is 20.5 Å². The van der Waals surface area contributed by atoms with Gasteiger partial charge in [0, 0.05) is 11.3 Å². The first kappa shape index (κ1) is 19.2. The number of hydrogen-bond donors (Lipinski definition) is 1. The molecule has 0 radical (unpaired) electrons. The number of allylic oxidation sites excluding steroid dienone is 1. The van der Waals surface area contributed by atoms with E-state index in [1.54, 1.807) is 6.92 Å². The van der Waals surface area contributed by atoms with Crippen molar-refractivity contribution in [3.8, 4) is 11.5 Å². The van der Waals surface area contributed by atoms with Gasteiger partial charge in [-0.05, 0) is 43.2 Å². The van der Waals surface area contributed by atoms with Crippen LogP contribution in [0.4, 0.5) is 8.78 Å². The van der Waals surface area contributed by atoms with E-state index >= 15 is 0 Å². The largest absolute Gasteiger partial charge is 0.543 e. The number of nitrogens with one attached hydrogen (secondary N) is 1. The van der Waals surface area contributed by atoms with E-state index in [9.17, 15) is 23.5 Å². The Labute approximate surface area is 148 Å². The lowest BCUT2D eigenvalue weighted by Gasteiger charge is -2.10. The van der Waals surface area contributed by atoms with Crippen molar-refractivity contribution in [3.05, 3.63) is 52.4 Å². The number of H-pyrrole nitrogens is 1. The molecule has 1 heterocycles. The first-order valence-electron chi connectivity index (χ1n) is 7.50. The van der Waals surface area contributed by atoms with Crippen LogP contribution in [-0.2, 0) is 0 Å². The van der Waals surface area contributed by atoms with E-state index in [0.717, 1.165) is 0 Å². The van der Waals surface area contributed by atoms with Crippen molar-refractivity contribution in [3.63, 3.8) is 0 Å². The maximum Gasteiger partial charge on any atom is 0.387 e. The van der Waals surface area contributed by atoms with Gasteiger partial charge in [0.05, 0.1) is 18.8 Å². The topological polar surface area (TPSA) is 91.5 Å². The monoisotopic (exact) mass is 364 g/mol. The third-order valence-electron chi connectivity index (χ3n) is 3.72. The number of halogens is 2. The first-order valence-corrected chi connectivity index (χ1v) is 7.50. The number of aromatic nitrogens is 1. The average Bonchev–Trinajstić information content (AvgIpc) is 2.88. The molecule has 0 fully saturated rings. The molecule has 0 bridgehead atoms. The minimum atomic E-state index is -2.98. The third-order valence-corrected chi connectivity index (χ3v) is 3.72. The Hall–Kier alpha value is -3.16. The van der Waals surface area contributed by atoms with E-state index in [4.69, 9.17) is 4.74 Å². The van der Waals surface area contributed by atoms with E-state index in [0.29, 0.717) is 11.3 Å². The summed E-state index contributed by atoms with van der Waals surface area (Å²) >= 11 is 0. The molecule has 2 aromatic rings. The second-order valence-corrected chi connectivity index (χ2v) is 5.40. The summed E-state index contributed by atoms with van der Waals surface area (Å²) in [4.78, 5) is 26.0. The van der Waals surface area contributed by atoms with Crippen LogP contribution < -0.4 is 14.6 Å². The minimum Gasteiger partial charge on any atom is -0.543 e. The predicted octanol–water partition coefficient (Wildman–Crippen LogP) is 2.50. The van der Waals surface area contributed by atoms with Crippen LogP contribution in [0.25, 0.3) is 6.08 Å². The van der Waals surface area contributed by atoms with Gasteiger partial charge in [0.2, 0.25) is 0 Å². The zero-order valence-corrected chi connectivity index (χ0v) is 14.3. The predicted molar refractivity (Wildman–Crippen MR) is 87.6 cm³/mol. The summed E-state index contributed by atoms with van der Waals surface area (Å²) in [6, 6.07) is 4.22. The smallest absolute Gasteiger partial charge is 0.387 e. The van der Waals surface area contributed by atoms with Crippen molar-refractivity contribution in [1.82, 2.24) is 4.98 Å². The quantitative estimate of drug-likeness (QED) is 0.602. The van der Waals surface area contributed by atoms with Crippen molar-refractivity contribution in [2.75, 3.05) is 7.11 Å². The van der Waals surface area contributed by atoms with Gasteiger partial charge in [0.1, 0.15) is 0 Å². The fourth-order valence-corrected chi connectivity index (χ4v) is 2.56. The Morgan fingerprint density at radius 1 is 1.23 bits per heavy atom. The van der Waals surface area contributed by atoms with E-state index in [1.807, 2.05) is 0 Å². The zero-order chi connectivity index (χ0) is 19.4. The Balaban J connectivity index is 2.27.